The van der Waals surface area contributed by atoms with Crippen LogP contribution < -0.4 is 22.1 Å². The Morgan fingerprint density at radius 1 is 1.00 bits per heavy atom. The molecule has 0 aliphatic carbocycles. The maximum atomic E-state index is 12.4. The normalized spacial score (nSPS) is 12.7. The average Bonchev–Trinajstić information content (AvgIpc) is 2.50. The van der Waals surface area contributed by atoms with Gasteiger partial charge < -0.3 is 22.1 Å². The molecule has 1 aromatic rings. The van der Waals surface area contributed by atoms with Crippen LogP contribution in [0.15, 0.2) is 30.3 Å². The molecule has 0 aliphatic rings. The zero-order chi connectivity index (χ0) is 18.1. The monoisotopic (exact) mass is 334 g/mol. The van der Waals surface area contributed by atoms with E-state index in [-0.39, 0.29) is 25.2 Å². The van der Waals surface area contributed by atoms with E-state index >= 15 is 0 Å². The van der Waals surface area contributed by atoms with Crippen LogP contribution in [0.2, 0.25) is 0 Å². The molecule has 6 N–H and O–H groups in total. The molecule has 0 bridgehead atoms. The van der Waals surface area contributed by atoms with Gasteiger partial charge in [-0.05, 0) is 12.0 Å². The SMILES string of the molecule is CC(=O)NC(Cc1ccccc1)C(=O)NC(CCC(N)=O)C(N)=O. The van der Waals surface area contributed by atoms with Gasteiger partial charge in [-0.1, -0.05) is 30.3 Å². The Kier molecular flexibility index (Phi) is 7.41. The molecule has 0 radical (unpaired) electrons. The fourth-order valence-electron chi connectivity index (χ4n) is 2.15. The second-order valence-electron chi connectivity index (χ2n) is 5.41. The highest BCUT2D eigenvalue weighted by Gasteiger charge is 2.25. The van der Waals surface area contributed by atoms with E-state index in [1.165, 1.54) is 6.92 Å². The Balaban J connectivity index is 2.79. The van der Waals surface area contributed by atoms with Crippen molar-refractivity contribution >= 4 is 23.6 Å². The fraction of sp³-hybridized carbons (Fsp3) is 0.375. The van der Waals surface area contributed by atoms with Gasteiger partial charge in [0, 0.05) is 19.8 Å². The largest absolute Gasteiger partial charge is 0.370 e. The Bertz CT molecular complexity index is 603. The van der Waals surface area contributed by atoms with E-state index in [2.05, 4.69) is 10.6 Å². The second kappa shape index (κ2) is 9.29. The number of carbonyl (C=O) groups excluding carboxylic acids is 4. The maximum Gasteiger partial charge on any atom is 0.243 e. The average molecular weight is 334 g/mol. The minimum Gasteiger partial charge on any atom is -0.370 e. The quantitative estimate of drug-likeness (QED) is 0.457. The molecule has 1 rings (SSSR count). The van der Waals surface area contributed by atoms with Gasteiger partial charge in [0.05, 0.1) is 0 Å². The molecule has 8 heteroatoms. The molecule has 0 saturated carbocycles. The van der Waals surface area contributed by atoms with Gasteiger partial charge in [-0.2, -0.15) is 0 Å². The van der Waals surface area contributed by atoms with Crippen LogP contribution in [0.5, 0.6) is 0 Å². The van der Waals surface area contributed by atoms with Crippen molar-refractivity contribution in [1.29, 1.82) is 0 Å². The summed E-state index contributed by atoms with van der Waals surface area (Å²) < 4.78 is 0. The molecule has 4 amide bonds. The number of amides is 4. The lowest BCUT2D eigenvalue weighted by Crippen LogP contribution is -2.53. The second-order valence-corrected chi connectivity index (χ2v) is 5.41. The molecule has 2 atom stereocenters. The van der Waals surface area contributed by atoms with Crippen LogP contribution in [0.25, 0.3) is 0 Å². The van der Waals surface area contributed by atoms with Crippen LogP contribution >= 0.6 is 0 Å². The van der Waals surface area contributed by atoms with Gasteiger partial charge in [0.1, 0.15) is 12.1 Å². The number of nitrogens with two attached hydrogens (primary N) is 2. The van der Waals surface area contributed by atoms with Gasteiger partial charge in [-0.15, -0.1) is 0 Å². The van der Waals surface area contributed by atoms with Gasteiger partial charge in [0.25, 0.3) is 0 Å². The van der Waals surface area contributed by atoms with E-state index in [1.54, 1.807) is 0 Å². The first kappa shape index (κ1) is 19.1. The van der Waals surface area contributed by atoms with Crippen molar-refractivity contribution in [2.45, 2.75) is 38.3 Å². The lowest BCUT2D eigenvalue weighted by Gasteiger charge is -2.21. The summed E-state index contributed by atoms with van der Waals surface area (Å²) in [5.74, 6) is -2.30. The van der Waals surface area contributed by atoms with Crippen molar-refractivity contribution in [1.82, 2.24) is 10.6 Å². The summed E-state index contributed by atoms with van der Waals surface area (Å²) in [5.41, 5.74) is 11.1. The van der Waals surface area contributed by atoms with Gasteiger partial charge in [0.15, 0.2) is 0 Å². The fourth-order valence-corrected chi connectivity index (χ4v) is 2.15. The highest BCUT2D eigenvalue weighted by atomic mass is 16.2. The molecule has 130 valence electrons. The van der Waals surface area contributed by atoms with Crippen LogP contribution in [0.3, 0.4) is 0 Å². The molecular formula is C16H22N4O4. The molecular weight excluding hydrogens is 312 g/mol. The summed E-state index contributed by atoms with van der Waals surface area (Å²) in [5, 5.41) is 5.00. The minimum absolute atomic E-state index is 0.00847. The lowest BCUT2D eigenvalue weighted by atomic mass is 10.0. The zero-order valence-corrected chi connectivity index (χ0v) is 13.5. The first-order valence-electron chi connectivity index (χ1n) is 7.48. The first-order valence-corrected chi connectivity index (χ1v) is 7.48. The van der Waals surface area contributed by atoms with Gasteiger partial charge in [0.2, 0.25) is 23.6 Å². The number of hydrogen-bond acceptors (Lipinski definition) is 4. The smallest absolute Gasteiger partial charge is 0.243 e. The Morgan fingerprint density at radius 2 is 1.62 bits per heavy atom. The Morgan fingerprint density at radius 3 is 2.12 bits per heavy atom. The summed E-state index contributed by atoms with van der Waals surface area (Å²) in [7, 11) is 0. The highest BCUT2D eigenvalue weighted by molar-refractivity contribution is 5.91. The standard InChI is InChI=1S/C16H22N4O4/c1-10(21)19-13(9-11-5-3-2-4-6-11)16(24)20-12(15(18)23)7-8-14(17)22/h2-6,12-13H,7-9H2,1H3,(H2,17,22)(H2,18,23)(H,19,21)(H,20,24). The number of primary amides is 2. The molecule has 1 aromatic carbocycles. The molecule has 8 nitrogen and oxygen atoms in total. The van der Waals surface area contributed by atoms with Crippen molar-refractivity contribution in [2.24, 2.45) is 11.5 Å². The van der Waals surface area contributed by atoms with Crippen LogP contribution in [-0.4, -0.2) is 35.7 Å². The van der Waals surface area contributed by atoms with Crippen molar-refractivity contribution < 1.29 is 19.2 Å². The molecule has 0 heterocycles. The van der Waals surface area contributed by atoms with E-state index in [0.29, 0.717) is 0 Å². The molecule has 0 aliphatic heterocycles. The van der Waals surface area contributed by atoms with E-state index in [9.17, 15) is 19.2 Å². The topological polar surface area (TPSA) is 144 Å². The number of rotatable bonds is 9. The molecule has 0 saturated heterocycles. The number of nitrogens with one attached hydrogen (secondary N) is 2. The molecule has 2 unspecified atom stereocenters. The van der Waals surface area contributed by atoms with Crippen LogP contribution in [0, 0.1) is 0 Å². The van der Waals surface area contributed by atoms with E-state index in [1.807, 2.05) is 30.3 Å². The van der Waals surface area contributed by atoms with Crippen LogP contribution in [0.1, 0.15) is 25.3 Å². The third-order valence-corrected chi connectivity index (χ3v) is 3.32. The zero-order valence-electron chi connectivity index (χ0n) is 13.5. The van der Waals surface area contributed by atoms with Gasteiger partial charge in [-0.3, -0.25) is 19.2 Å². The first-order chi connectivity index (χ1) is 11.3. The predicted octanol–water partition coefficient (Wildman–Crippen LogP) is -1.03. The van der Waals surface area contributed by atoms with Gasteiger partial charge in [-0.25, -0.2) is 0 Å². The number of hydrogen-bond donors (Lipinski definition) is 4. The molecule has 24 heavy (non-hydrogen) atoms. The predicted molar refractivity (Wildman–Crippen MR) is 87.3 cm³/mol. The molecule has 0 aromatic heterocycles. The summed E-state index contributed by atoms with van der Waals surface area (Å²) in [6, 6.07) is 7.22. The molecule has 0 fully saturated rings. The third-order valence-electron chi connectivity index (χ3n) is 3.32. The van der Waals surface area contributed by atoms with Crippen LogP contribution in [0.4, 0.5) is 0 Å². The minimum atomic E-state index is -1.03. The van der Waals surface area contributed by atoms with E-state index in [4.69, 9.17) is 11.5 Å². The highest BCUT2D eigenvalue weighted by Crippen LogP contribution is 2.05. The van der Waals surface area contributed by atoms with Crippen LogP contribution in [-0.2, 0) is 25.6 Å². The number of benzene rings is 1. The summed E-state index contributed by atoms with van der Waals surface area (Å²) in [6.07, 6.45) is 0.180. The summed E-state index contributed by atoms with van der Waals surface area (Å²) in [6.45, 7) is 1.30. The van der Waals surface area contributed by atoms with Crippen molar-refractivity contribution in [3.63, 3.8) is 0 Å². The third kappa shape index (κ3) is 6.91. The van der Waals surface area contributed by atoms with Gasteiger partial charge >= 0.3 is 0 Å². The lowest BCUT2D eigenvalue weighted by molar-refractivity contribution is -0.131. The Labute approximate surface area is 140 Å². The van der Waals surface area contributed by atoms with Crippen molar-refractivity contribution in [3.8, 4) is 0 Å². The summed E-state index contributed by atoms with van der Waals surface area (Å²) >= 11 is 0. The van der Waals surface area contributed by atoms with Crippen molar-refractivity contribution in [2.75, 3.05) is 0 Å². The van der Waals surface area contributed by atoms with E-state index in [0.717, 1.165) is 5.56 Å². The maximum absolute atomic E-state index is 12.4. The molecule has 0 spiro atoms. The van der Waals surface area contributed by atoms with Crippen molar-refractivity contribution in [3.05, 3.63) is 35.9 Å². The Hall–Kier alpha value is -2.90. The number of carbonyl (C=O) groups is 4. The van der Waals surface area contributed by atoms with E-state index < -0.39 is 29.8 Å². The summed E-state index contributed by atoms with van der Waals surface area (Å²) in [4.78, 5) is 46.0.